The molecule has 0 spiro atoms. The number of nitrogens with zero attached hydrogens (tertiary/aromatic N) is 4. The van der Waals surface area contributed by atoms with E-state index in [9.17, 15) is 14.4 Å². The second-order valence-electron chi connectivity index (χ2n) is 7.33. The maximum absolute atomic E-state index is 13.3. The van der Waals surface area contributed by atoms with Gasteiger partial charge in [0.25, 0.3) is 5.56 Å². The Bertz CT molecular complexity index is 1210. The van der Waals surface area contributed by atoms with Crippen LogP contribution < -0.4 is 16.6 Å². The number of nitrogens with one attached hydrogen (secondary N) is 1. The van der Waals surface area contributed by atoms with Crippen LogP contribution in [0.1, 0.15) is 31.2 Å². The first kappa shape index (κ1) is 19.4. The van der Waals surface area contributed by atoms with Crippen LogP contribution in [0.2, 0.25) is 5.02 Å². The molecule has 0 radical (unpaired) electrons. The van der Waals surface area contributed by atoms with Gasteiger partial charge in [0.1, 0.15) is 5.82 Å². The molecule has 9 heteroatoms. The van der Waals surface area contributed by atoms with Crippen LogP contribution in [-0.2, 0) is 31.4 Å². The minimum absolute atomic E-state index is 0.0240. The molecule has 1 aliphatic rings. The average Bonchev–Trinajstić information content (AvgIpc) is 3.26. The van der Waals surface area contributed by atoms with Gasteiger partial charge in [0.2, 0.25) is 5.91 Å². The largest absolute Gasteiger partial charge is 0.352 e. The summed E-state index contributed by atoms with van der Waals surface area (Å²) in [7, 11) is 1.79. The summed E-state index contributed by atoms with van der Waals surface area (Å²) in [5, 5.41) is 3.47. The highest BCUT2D eigenvalue weighted by Crippen LogP contribution is 2.15. The molecular weight excluding hydrogens is 394 g/mol. The highest BCUT2D eigenvalue weighted by atomic mass is 35.5. The Balaban J connectivity index is 1.89. The normalized spacial score (nSPS) is 16.5. The first-order valence-corrected chi connectivity index (χ1v) is 9.99. The molecule has 0 aliphatic carbocycles. The molecule has 1 saturated heterocycles. The standard InChI is InChI=1S/C20H22ClN5O3/c1-3-15-23-18-17(24(15)2)19(28)26(10-12-4-6-13(21)7-5-12)20(29)25(18)11-14-8-9-16(27)22-14/h4-7,14H,3,8-11H2,1-2H3,(H,22,27)/t14-/m0/s1. The van der Waals surface area contributed by atoms with E-state index in [-0.39, 0.29) is 30.6 Å². The molecular formula is C20H22ClN5O3. The van der Waals surface area contributed by atoms with Gasteiger partial charge in [-0.3, -0.25) is 18.7 Å². The lowest BCUT2D eigenvalue weighted by molar-refractivity contribution is -0.119. The molecule has 1 amide bonds. The lowest BCUT2D eigenvalue weighted by atomic mass is 10.2. The van der Waals surface area contributed by atoms with Crippen molar-refractivity contribution in [2.45, 2.75) is 45.3 Å². The zero-order chi connectivity index (χ0) is 20.7. The number of aromatic nitrogens is 4. The van der Waals surface area contributed by atoms with Crippen molar-refractivity contribution >= 4 is 28.7 Å². The second-order valence-corrected chi connectivity index (χ2v) is 7.76. The van der Waals surface area contributed by atoms with Gasteiger partial charge < -0.3 is 9.88 Å². The number of fused-ring (bicyclic) bond motifs is 1. The number of carbonyl (C=O) groups excluding carboxylic acids is 1. The van der Waals surface area contributed by atoms with Gasteiger partial charge in [0, 0.05) is 37.5 Å². The fraction of sp³-hybridized carbons (Fsp3) is 0.400. The van der Waals surface area contributed by atoms with Crippen LogP contribution in [-0.4, -0.2) is 30.6 Å². The second kappa shape index (κ2) is 7.51. The van der Waals surface area contributed by atoms with Crippen molar-refractivity contribution < 1.29 is 4.79 Å². The lowest BCUT2D eigenvalue weighted by Crippen LogP contribution is -2.43. The summed E-state index contributed by atoms with van der Waals surface area (Å²) in [6.45, 7) is 2.36. The SMILES string of the molecule is CCc1nc2c(c(=O)n(Cc3ccc(Cl)cc3)c(=O)n2C[C@@H]2CCC(=O)N2)n1C. The lowest BCUT2D eigenvalue weighted by Gasteiger charge is -2.15. The molecule has 0 saturated carbocycles. The highest BCUT2D eigenvalue weighted by molar-refractivity contribution is 6.30. The smallest absolute Gasteiger partial charge is 0.333 e. The van der Waals surface area contributed by atoms with Gasteiger partial charge in [-0.15, -0.1) is 0 Å². The summed E-state index contributed by atoms with van der Waals surface area (Å²) in [6.07, 6.45) is 1.72. The Hall–Kier alpha value is -2.87. The van der Waals surface area contributed by atoms with Gasteiger partial charge in [0.05, 0.1) is 6.54 Å². The van der Waals surface area contributed by atoms with Crippen molar-refractivity contribution in [2.75, 3.05) is 0 Å². The van der Waals surface area contributed by atoms with E-state index in [1.807, 2.05) is 6.92 Å². The van der Waals surface area contributed by atoms with Crippen LogP contribution in [0.5, 0.6) is 0 Å². The first-order chi connectivity index (χ1) is 13.9. The third kappa shape index (κ3) is 3.48. The van der Waals surface area contributed by atoms with E-state index in [2.05, 4.69) is 10.3 Å². The Morgan fingerprint density at radius 3 is 2.52 bits per heavy atom. The van der Waals surface area contributed by atoms with Crippen molar-refractivity contribution in [3.8, 4) is 0 Å². The van der Waals surface area contributed by atoms with E-state index in [0.717, 1.165) is 11.4 Å². The van der Waals surface area contributed by atoms with E-state index in [4.69, 9.17) is 11.6 Å². The molecule has 1 N–H and O–H groups in total. The summed E-state index contributed by atoms with van der Waals surface area (Å²) in [5.41, 5.74) is 0.750. The Morgan fingerprint density at radius 1 is 1.17 bits per heavy atom. The van der Waals surface area contributed by atoms with Crippen molar-refractivity contribution in [1.29, 1.82) is 0 Å². The molecule has 152 valence electrons. The zero-order valence-corrected chi connectivity index (χ0v) is 17.1. The first-order valence-electron chi connectivity index (χ1n) is 9.61. The van der Waals surface area contributed by atoms with Gasteiger partial charge in [0.15, 0.2) is 11.2 Å². The van der Waals surface area contributed by atoms with E-state index >= 15 is 0 Å². The van der Waals surface area contributed by atoms with Gasteiger partial charge in [-0.1, -0.05) is 30.7 Å². The number of halogens is 1. The van der Waals surface area contributed by atoms with Crippen molar-refractivity contribution in [3.63, 3.8) is 0 Å². The summed E-state index contributed by atoms with van der Waals surface area (Å²) in [6, 6.07) is 6.89. The van der Waals surface area contributed by atoms with Crippen LogP contribution in [0.25, 0.3) is 11.2 Å². The molecule has 3 aromatic rings. The fourth-order valence-corrected chi connectivity index (χ4v) is 3.96. The quantitative estimate of drug-likeness (QED) is 0.682. The number of carbonyl (C=O) groups is 1. The summed E-state index contributed by atoms with van der Waals surface area (Å²) < 4.78 is 4.49. The number of benzene rings is 1. The van der Waals surface area contributed by atoms with E-state index < -0.39 is 5.69 Å². The van der Waals surface area contributed by atoms with Gasteiger partial charge in [-0.25, -0.2) is 9.78 Å². The monoisotopic (exact) mass is 415 g/mol. The Morgan fingerprint density at radius 2 is 1.90 bits per heavy atom. The van der Waals surface area contributed by atoms with E-state index in [0.29, 0.717) is 35.4 Å². The van der Waals surface area contributed by atoms with Crippen LogP contribution in [0, 0.1) is 0 Å². The molecule has 1 fully saturated rings. The molecule has 1 atom stereocenters. The van der Waals surface area contributed by atoms with Crippen molar-refractivity contribution in [1.82, 2.24) is 24.0 Å². The molecule has 0 unspecified atom stereocenters. The Labute approximate surface area is 171 Å². The number of hydrogen-bond acceptors (Lipinski definition) is 4. The maximum Gasteiger partial charge on any atom is 0.333 e. The van der Waals surface area contributed by atoms with Gasteiger partial charge >= 0.3 is 5.69 Å². The molecule has 4 rings (SSSR count). The van der Waals surface area contributed by atoms with Crippen LogP contribution in [0.4, 0.5) is 0 Å². The predicted octanol–water partition coefficient (Wildman–Crippen LogP) is 1.44. The number of imidazole rings is 1. The Kier molecular flexibility index (Phi) is 5.04. The van der Waals surface area contributed by atoms with Crippen LogP contribution in [0.3, 0.4) is 0 Å². The minimum atomic E-state index is -0.431. The zero-order valence-electron chi connectivity index (χ0n) is 16.3. The van der Waals surface area contributed by atoms with Crippen molar-refractivity contribution in [3.05, 3.63) is 61.5 Å². The number of aryl methyl sites for hydroxylation is 2. The highest BCUT2D eigenvalue weighted by Gasteiger charge is 2.25. The molecule has 29 heavy (non-hydrogen) atoms. The molecule has 0 bridgehead atoms. The van der Waals surface area contributed by atoms with Gasteiger partial charge in [-0.05, 0) is 24.1 Å². The average molecular weight is 416 g/mol. The van der Waals surface area contributed by atoms with Crippen LogP contribution >= 0.6 is 11.6 Å². The summed E-state index contributed by atoms with van der Waals surface area (Å²) in [4.78, 5) is 42.7. The molecule has 2 aromatic heterocycles. The van der Waals surface area contributed by atoms with Crippen LogP contribution in [0.15, 0.2) is 33.9 Å². The summed E-state index contributed by atoms with van der Waals surface area (Å²) >= 11 is 5.95. The topological polar surface area (TPSA) is 90.9 Å². The van der Waals surface area contributed by atoms with E-state index in [1.165, 1.54) is 9.13 Å². The molecule has 3 heterocycles. The predicted molar refractivity (Wildman–Crippen MR) is 110 cm³/mol. The number of rotatable bonds is 5. The third-order valence-electron chi connectivity index (χ3n) is 5.39. The maximum atomic E-state index is 13.3. The van der Waals surface area contributed by atoms with E-state index in [1.54, 1.807) is 35.9 Å². The number of amides is 1. The molecule has 1 aliphatic heterocycles. The third-order valence-corrected chi connectivity index (χ3v) is 5.64. The van der Waals surface area contributed by atoms with Gasteiger partial charge in [-0.2, -0.15) is 0 Å². The molecule has 1 aromatic carbocycles. The minimum Gasteiger partial charge on any atom is -0.352 e. The number of hydrogen-bond donors (Lipinski definition) is 1. The summed E-state index contributed by atoms with van der Waals surface area (Å²) in [5.74, 6) is 0.703. The molecule has 8 nitrogen and oxygen atoms in total. The van der Waals surface area contributed by atoms with Crippen molar-refractivity contribution in [2.24, 2.45) is 7.05 Å². The fourth-order valence-electron chi connectivity index (χ4n) is 3.83.